The number of carbonyl (C=O) groups is 1. The molecule has 0 aromatic carbocycles. The van der Waals surface area contributed by atoms with Crippen LogP contribution in [-0.2, 0) is 23.4 Å². The van der Waals surface area contributed by atoms with Crippen LogP contribution in [0.25, 0.3) is 11.2 Å². The molecule has 2 aromatic heterocycles. The maximum absolute atomic E-state index is 13.6. The third kappa shape index (κ3) is 4.85. The molecular formula is C18H23FN6O6P+. The first-order chi connectivity index (χ1) is 15.1. The molecule has 172 valence electrons. The van der Waals surface area contributed by atoms with Gasteiger partial charge in [0.15, 0.2) is 22.6 Å². The molecule has 1 fully saturated rings. The number of aliphatic hydroxyl groups is 1. The Kier molecular flexibility index (Phi) is 7.02. The van der Waals surface area contributed by atoms with Crippen LogP contribution in [0.1, 0.15) is 33.4 Å². The highest BCUT2D eigenvalue weighted by Crippen LogP contribution is 2.39. The standard InChI is InChI=1S/C18H23FN6O6P/c1-5-18(7-29-32(28)24-10(4)16(27)30-9(2)3)11(26)6-12(31-18)25-8-21-13-14(20)22-17(19)23-15(13)25/h1,8-12,26H,6-7H2,2-4H3,(H,24,28)(H2,20,22,23)/q+1/t10-,11+,12-,18-/m1/s1. The molecule has 0 bridgehead atoms. The average Bonchev–Trinajstić information content (AvgIpc) is 3.27. The fourth-order valence-corrected chi connectivity index (χ4v) is 3.89. The number of aliphatic hydroxyl groups excluding tert-OH is 1. The molecule has 14 heteroatoms. The van der Waals surface area contributed by atoms with Gasteiger partial charge in [-0.05, 0) is 25.3 Å². The number of carbonyl (C=O) groups excluding carboxylic acids is 1. The number of rotatable bonds is 8. The zero-order valence-corrected chi connectivity index (χ0v) is 18.5. The topological polar surface area (TPSA) is 164 Å². The van der Waals surface area contributed by atoms with E-state index in [1.54, 1.807) is 13.8 Å². The van der Waals surface area contributed by atoms with Crippen LogP contribution in [0.5, 0.6) is 0 Å². The van der Waals surface area contributed by atoms with E-state index >= 15 is 0 Å². The first-order valence-corrected chi connectivity index (χ1v) is 10.8. The first kappa shape index (κ1) is 23.9. The molecule has 32 heavy (non-hydrogen) atoms. The summed E-state index contributed by atoms with van der Waals surface area (Å²) < 4.78 is 43.3. The molecule has 0 amide bonds. The number of fused-ring (bicyclic) bond motifs is 1. The van der Waals surface area contributed by atoms with Crippen molar-refractivity contribution in [3.8, 4) is 12.3 Å². The van der Waals surface area contributed by atoms with Crippen molar-refractivity contribution in [1.82, 2.24) is 24.6 Å². The van der Waals surface area contributed by atoms with Crippen LogP contribution in [0.15, 0.2) is 6.33 Å². The molecule has 2 aromatic rings. The summed E-state index contributed by atoms with van der Waals surface area (Å²) in [5, 5.41) is 13.0. The number of aromatic nitrogens is 4. The van der Waals surface area contributed by atoms with Crippen molar-refractivity contribution in [1.29, 1.82) is 0 Å². The number of nitrogen functional groups attached to an aromatic ring is 1. The van der Waals surface area contributed by atoms with Gasteiger partial charge in [0.2, 0.25) is 0 Å². The Hall–Kier alpha value is -2.75. The number of hydrogen-bond acceptors (Lipinski definition) is 10. The van der Waals surface area contributed by atoms with E-state index in [4.69, 9.17) is 26.2 Å². The van der Waals surface area contributed by atoms with Gasteiger partial charge in [0, 0.05) is 6.42 Å². The minimum Gasteiger partial charge on any atom is -0.462 e. The summed E-state index contributed by atoms with van der Waals surface area (Å²) in [5.74, 6) is 1.59. The Morgan fingerprint density at radius 3 is 2.94 bits per heavy atom. The van der Waals surface area contributed by atoms with Crippen LogP contribution in [0.4, 0.5) is 10.2 Å². The lowest BCUT2D eigenvalue weighted by Gasteiger charge is -2.23. The smallest absolute Gasteiger partial charge is 0.462 e. The van der Waals surface area contributed by atoms with Crippen molar-refractivity contribution in [3.05, 3.63) is 12.4 Å². The highest BCUT2D eigenvalue weighted by Gasteiger charge is 2.50. The van der Waals surface area contributed by atoms with Gasteiger partial charge in [-0.15, -0.1) is 10.9 Å². The lowest BCUT2D eigenvalue weighted by Crippen LogP contribution is -2.42. The van der Waals surface area contributed by atoms with Crippen LogP contribution in [-0.4, -0.2) is 61.1 Å². The van der Waals surface area contributed by atoms with Crippen molar-refractivity contribution in [2.24, 2.45) is 0 Å². The number of ether oxygens (including phenoxy) is 2. The molecule has 1 unspecified atom stereocenters. The number of anilines is 1. The fourth-order valence-electron chi connectivity index (χ4n) is 3.08. The zero-order chi connectivity index (χ0) is 23.6. The van der Waals surface area contributed by atoms with Crippen LogP contribution < -0.4 is 10.8 Å². The Bertz CT molecular complexity index is 1070. The highest BCUT2D eigenvalue weighted by molar-refractivity contribution is 7.36. The number of halogens is 1. The second kappa shape index (κ2) is 9.40. The summed E-state index contributed by atoms with van der Waals surface area (Å²) in [5.41, 5.74) is 4.22. The zero-order valence-electron chi connectivity index (χ0n) is 17.6. The number of nitrogens with one attached hydrogen (secondary N) is 1. The third-order valence-electron chi connectivity index (χ3n) is 4.69. The summed E-state index contributed by atoms with van der Waals surface area (Å²) in [6.07, 6.45) is 3.42. The van der Waals surface area contributed by atoms with E-state index in [0.717, 1.165) is 0 Å². The number of esters is 1. The molecule has 1 saturated heterocycles. The maximum atomic E-state index is 13.6. The first-order valence-electron chi connectivity index (χ1n) is 9.62. The maximum Gasteiger partial charge on any atom is 0.613 e. The van der Waals surface area contributed by atoms with E-state index < -0.39 is 50.8 Å². The summed E-state index contributed by atoms with van der Waals surface area (Å²) in [6.45, 7) is 4.38. The fraction of sp³-hybridized carbons (Fsp3) is 0.556. The Morgan fingerprint density at radius 1 is 1.56 bits per heavy atom. The normalized spacial score (nSPS) is 24.5. The van der Waals surface area contributed by atoms with Crippen molar-refractivity contribution in [2.45, 2.75) is 57.3 Å². The predicted molar refractivity (Wildman–Crippen MR) is 109 cm³/mol. The van der Waals surface area contributed by atoms with Gasteiger partial charge in [0.1, 0.15) is 25.0 Å². The summed E-state index contributed by atoms with van der Waals surface area (Å²) in [7, 11) is -2.54. The van der Waals surface area contributed by atoms with E-state index in [0.29, 0.717) is 0 Å². The third-order valence-corrected chi connectivity index (χ3v) is 5.65. The van der Waals surface area contributed by atoms with Gasteiger partial charge < -0.3 is 20.3 Å². The lowest BCUT2D eigenvalue weighted by atomic mass is 9.99. The second-order valence-electron chi connectivity index (χ2n) is 7.43. The molecule has 1 aliphatic rings. The van der Waals surface area contributed by atoms with E-state index in [1.165, 1.54) is 17.8 Å². The van der Waals surface area contributed by atoms with E-state index in [1.807, 2.05) is 0 Å². The highest BCUT2D eigenvalue weighted by atomic mass is 31.1. The molecule has 1 aliphatic heterocycles. The van der Waals surface area contributed by atoms with E-state index in [-0.39, 0.29) is 29.5 Å². The molecule has 0 radical (unpaired) electrons. The molecule has 3 heterocycles. The number of imidazole rings is 1. The van der Waals surface area contributed by atoms with E-state index in [2.05, 4.69) is 26.0 Å². The van der Waals surface area contributed by atoms with Crippen LogP contribution in [0.3, 0.4) is 0 Å². The van der Waals surface area contributed by atoms with Gasteiger partial charge in [0.25, 0.3) is 0 Å². The van der Waals surface area contributed by atoms with Gasteiger partial charge in [-0.1, -0.05) is 11.0 Å². The van der Waals surface area contributed by atoms with Gasteiger partial charge in [-0.25, -0.2) is 4.98 Å². The molecular weight excluding hydrogens is 446 g/mol. The monoisotopic (exact) mass is 469 g/mol. The predicted octanol–water partition coefficient (Wildman–Crippen LogP) is 0.803. The Balaban J connectivity index is 1.69. The van der Waals surface area contributed by atoms with Crippen molar-refractivity contribution < 1.29 is 32.9 Å². The summed E-state index contributed by atoms with van der Waals surface area (Å²) >= 11 is 0. The van der Waals surface area contributed by atoms with Crippen molar-refractivity contribution in [2.75, 3.05) is 12.3 Å². The number of nitrogens with two attached hydrogens (primary N) is 1. The Morgan fingerprint density at radius 2 is 2.28 bits per heavy atom. The van der Waals surface area contributed by atoms with Gasteiger partial charge in [-0.3, -0.25) is 9.36 Å². The lowest BCUT2D eigenvalue weighted by molar-refractivity contribution is -0.149. The molecule has 3 rings (SSSR count). The minimum absolute atomic E-state index is 0.00806. The van der Waals surface area contributed by atoms with Gasteiger partial charge >= 0.3 is 20.2 Å². The SMILES string of the molecule is C#C[C@]1(CO[P+](=O)N[C@H](C)C(=O)OC(C)C)O[C@@H](n2cnc3c(N)nc(F)nc32)C[C@@H]1O. The molecule has 0 saturated carbocycles. The van der Waals surface area contributed by atoms with Crippen LogP contribution >= 0.6 is 8.18 Å². The molecule has 0 aliphatic carbocycles. The quantitative estimate of drug-likeness (QED) is 0.217. The minimum atomic E-state index is -2.54. The van der Waals surface area contributed by atoms with Crippen molar-refractivity contribution in [3.63, 3.8) is 0 Å². The molecule has 4 N–H and O–H groups in total. The van der Waals surface area contributed by atoms with Crippen LogP contribution in [0.2, 0.25) is 0 Å². The van der Waals surface area contributed by atoms with Crippen molar-refractivity contribution >= 4 is 31.1 Å². The van der Waals surface area contributed by atoms with Gasteiger partial charge in [-0.2, -0.15) is 14.4 Å². The molecule has 5 atom stereocenters. The molecule has 0 spiro atoms. The number of nitrogens with zero attached hydrogens (tertiary/aromatic N) is 4. The van der Waals surface area contributed by atoms with Gasteiger partial charge in [0.05, 0.1) is 12.4 Å². The molecule has 12 nitrogen and oxygen atoms in total. The van der Waals surface area contributed by atoms with Crippen LogP contribution in [0, 0.1) is 18.4 Å². The second-order valence-corrected chi connectivity index (χ2v) is 8.46. The summed E-state index contributed by atoms with van der Waals surface area (Å²) in [4.78, 5) is 23.0. The van der Waals surface area contributed by atoms with E-state index in [9.17, 15) is 18.9 Å². The number of hydrogen-bond donors (Lipinski definition) is 3. The Labute approximate surface area is 183 Å². The number of terminal acetylenes is 1. The summed E-state index contributed by atoms with van der Waals surface area (Å²) in [6, 6.07) is -0.901. The average molecular weight is 469 g/mol. The largest absolute Gasteiger partial charge is 0.613 e.